The van der Waals surface area contributed by atoms with Gasteiger partial charge in [-0.1, -0.05) is 13.0 Å². The van der Waals surface area contributed by atoms with Gasteiger partial charge in [-0.25, -0.2) is 0 Å². The molecular formula is C21H31N3O4. The van der Waals surface area contributed by atoms with Crippen LogP contribution < -0.4 is 14.8 Å². The molecule has 2 fully saturated rings. The van der Waals surface area contributed by atoms with Crippen molar-refractivity contribution < 1.29 is 19.1 Å². The van der Waals surface area contributed by atoms with Crippen LogP contribution in [0, 0.1) is 11.8 Å². The van der Waals surface area contributed by atoms with Gasteiger partial charge in [0.05, 0.1) is 26.1 Å². The minimum atomic E-state index is -0.165. The average molecular weight is 389 g/mol. The Morgan fingerprint density at radius 1 is 1.07 bits per heavy atom. The highest BCUT2D eigenvalue weighted by Gasteiger charge is 2.49. The van der Waals surface area contributed by atoms with Gasteiger partial charge in [0.1, 0.15) is 0 Å². The van der Waals surface area contributed by atoms with Crippen LogP contribution in [0.1, 0.15) is 18.9 Å². The van der Waals surface area contributed by atoms with E-state index in [4.69, 9.17) is 9.47 Å². The van der Waals surface area contributed by atoms with Crippen LogP contribution in [0.3, 0.4) is 0 Å². The summed E-state index contributed by atoms with van der Waals surface area (Å²) in [6, 6.07) is 5.75. The third kappa shape index (κ3) is 4.76. The molecule has 7 heteroatoms. The fourth-order valence-corrected chi connectivity index (χ4v) is 3.77. The Kier molecular flexibility index (Phi) is 6.78. The Balaban J connectivity index is 1.41. The van der Waals surface area contributed by atoms with E-state index in [2.05, 4.69) is 17.1 Å². The standard InChI is InChI=1S/C21H31N3O4/c1-4-23-9-11-24(12-10-23)21(26)17-14-16(17)20(25)22-8-7-15-5-6-18(27-2)19(13-15)28-3/h5-6,13,16-17H,4,7-12,14H2,1-3H3,(H,22,25). The largest absolute Gasteiger partial charge is 0.493 e. The second-order valence-electron chi connectivity index (χ2n) is 7.44. The minimum Gasteiger partial charge on any atom is -0.493 e. The fourth-order valence-electron chi connectivity index (χ4n) is 3.77. The van der Waals surface area contributed by atoms with Crippen molar-refractivity contribution >= 4 is 11.8 Å². The summed E-state index contributed by atoms with van der Waals surface area (Å²) in [6.45, 7) is 7.11. The Bertz CT molecular complexity index is 701. The number of piperazine rings is 1. The molecule has 0 bridgehead atoms. The predicted octanol–water partition coefficient (Wildman–Crippen LogP) is 1.16. The molecule has 2 unspecified atom stereocenters. The highest BCUT2D eigenvalue weighted by molar-refractivity contribution is 5.92. The molecule has 0 spiro atoms. The molecule has 2 atom stereocenters. The summed E-state index contributed by atoms with van der Waals surface area (Å²) in [5.74, 6) is 1.22. The first-order valence-electron chi connectivity index (χ1n) is 10.1. The lowest BCUT2D eigenvalue weighted by molar-refractivity contribution is -0.136. The Hall–Kier alpha value is -2.28. The van der Waals surface area contributed by atoms with Crippen LogP contribution in [0.2, 0.25) is 0 Å². The number of hydrogen-bond donors (Lipinski definition) is 1. The molecule has 3 rings (SSSR count). The van der Waals surface area contributed by atoms with Crippen LogP contribution in [0.4, 0.5) is 0 Å². The van der Waals surface area contributed by atoms with E-state index in [1.165, 1.54) is 0 Å². The SMILES string of the molecule is CCN1CCN(C(=O)C2CC2C(=O)NCCc2ccc(OC)c(OC)c2)CC1. The van der Waals surface area contributed by atoms with Crippen molar-refractivity contribution in [2.75, 3.05) is 53.5 Å². The van der Waals surface area contributed by atoms with E-state index in [0.717, 1.165) is 38.3 Å². The molecule has 1 aromatic carbocycles. The van der Waals surface area contributed by atoms with E-state index < -0.39 is 0 Å². The van der Waals surface area contributed by atoms with Crippen molar-refractivity contribution in [2.45, 2.75) is 19.8 Å². The van der Waals surface area contributed by atoms with Crippen molar-refractivity contribution in [3.05, 3.63) is 23.8 Å². The molecule has 1 aromatic rings. The number of likely N-dealkylation sites (N-methyl/N-ethyl adjacent to an activating group) is 1. The van der Waals surface area contributed by atoms with E-state index in [1.54, 1.807) is 14.2 Å². The summed E-state index contributed by atoms with van der Waals surface area (Å²) in [5, 5.41) is 2.97. The quantitative estimate of drug-likeness (QED) is 0.723. The maximum Gasteiger partial charge on any atom is 0.226 e. The molecule has 1 aliphatic heterocycles. The monoisotopic (exact) mass is 389 g/mol. The maximum atomic E-state index is 12.6. The van der Waals surface area contributed by atoms with Gasteiger partial charge >= 0.3 is 0 Å². The third-order valence-electron chi connectivity index (χ3n) is 5.74. The lowest BCUT2D eigenvalue weighted by Crippen LogP contribution is -2.49. The first-order valence-corrected chi connectivity index (χ1v) is 10.1. The number of benzene rings is 1. The Labute approximate surface area is 167 Å². The summed E-state index contributed by atoms with van der Waals surface area (Å²) >= 11 is 0. The molecule has 1 saturated carbocycles. The van der Waals surface area contributed by atoms with Crippen LogP contribution in [0.25, 0.3) is 0 Å². The predicted molar refractivity (Wildman–Crippen MR) is 107 cm³/mol. The number of methoxy groups -OCH3 is 2. The van der Waals surface area contributed by atoms with Gasteiger partial charge in [-0.05, 0) is 37.1 Å². The molecule has 0 radical (unpaired) electrons. The number of nitrogens with zero attached hydrogens (tertiary/aromatic N) is 2. The second-order valence-corrected chi connectivity index (χ2v) is 7.44. The van der Waals surface area contributed by atoms with Gasteiger partial charge in [0, 0.05) is 32.7 Å². The van der Waals surface area contributed by atoms with Crippen LogP contribution in [0.15, 0.2) is 18.2 Å². The van der Waals surface area contributed by atoms with Gasteiger partial charge in [0.2, 0.25) is 11.8 Å². The number of carbonyl (C=O) groups excluding carboxylic acids is 2. The van der Waals surface area contributed by atoms with Crippen molar-refractivity contribution in [1.29, 1.82) is 0 Å². The van der Waals surface area contributed by atoms with Crippen LogP contribution in [-0.2, 0) is 16.0 Å². The van der Waals surface area contributed by atoms with E-state index in [9.17, 15) is 9.59 Å². The third-order valence-corrected chi connectivity index (χ3v) is 5.74. The van der Waals surface area contributed by atoms with Crippen LogP contribution in [0.5, 0.6) is 11.5 Å². The van der Waals surface area contributed by atoms with E-state index in [-0.39, 0.29) is 23.7 Å². The minimum absolute atomic E-state index is 0.00831. The van der Waals surface area contributed by atoms with Gasteiger partial charge in [0.25, 0.3) is 0 Å². The van der Waals surface area contributed by atoms with Crippen molar-refractivity contribution in [2.24, 2.45) is 11.8 Å². The molecule has 0 aromatic heterocycles. The smallest absolute Gasteiger partial charge is 0.226 e. The highest BCUT2D eigenvalue weighted by atomic mass is 16.5. The number of rotatable bonds is 8. The molecule has 1 aliphatic carbocycles. The summed E-state index contributed by atoms with van der Waals surface area (Å²) in [4.78, 5) is 29.2. The summed E-state index contributed by atoms with van der Waals surface area (Å²) < 4.78 is 10.5. The van der Waals surface area contributed by atoms with Crippen LogP contribution in [-0.4, -0.2) is 75.1 Å². The molecule has 1 N–H and O–H groups in total. The van der Waals surface area contributed by atoms with Gasteiger partial charge in [-0.15, -0.1) is 0 Å². The summed E-state index contributed by atoms with van der Waals surface area (Å²) in [5.41, 5.74) is 1.06. The normalized spacial score (nSPS) is 21.9. The van der Waals surface area contributed by atoms with Gasteiger partial charge in [-0.3, -0.25) is 9.59 Å². The number of hydrogen-bond acceptors (Lipinski definition) is 5. The van der Waals surface area contributed by atoms with E-state index in [0.29, 0.717) is 30.9 Å². The average Bonchev–Trinajstić information content (AvgIpc) is 3.54. The molecule has 7 nitrogen and oxygen atoms in total. The zero-order valence-corrected chi connectivity index (χ0v) is 17.1. The van der Waals surface area contributed by atoms with Gasteiger partial charge < -0.3 is 24.6 Å². The second kappa shape index (κ2) is 9.28. The molecule has 28 heavy (non-hydrogen) atoms. The molecule has 154 valence electrons. The fraction of sp³-hybridized carbons (Fsp3) is 0.619. The molecule has 1 saturated heterocycles. The first-order chi connectivity index (χ1) is 13.6. The van der Waals surface area contributed by atoms with Crippen LogP contribution >= 0.6 is 0 Å². The lowest BCUT2D eigenvalue weighted by atomic mass is 10.1. The topological polar surface area (TPSA) is 71.1 Å². The highest BCUT2D eigenvalue weighted by Crippen LogP contribution is 2.40. The van der Waals surface area contributed by atoms with E-state index >= 15 is 0 Å². The number of amides is 2. The molecule has 2 amide bonds. The number of nitrogens with one attached hydrogen (secondary N) is 1. The van der Waals surface area contributed by atoms with Crippen molar-refractivity contribution in [3.63, 3.8) is 0 Å². The van der Waals surface area contributed by atoms with E-state index in [1.807, 2.05) is 23.1 Å². The van der Waals surface area contributed by atoms with Gasteiger partial charge in [-0.2, -0.15) is 0 Å². The summed E-state index contributed by atoms with van der Waals surface area (Å²) in [7, 11) is 3.21. The first kappa shape index (κ1) is 20.5. The number of ether oxygens (including phenoxy) is 2. The number of carbonyl (C=O) groups is 2. The van der Waals surface area contributed by atoms with Crippen molar-refractivity contribution in [3.8, 4) is 11.5 Å². The lowest BCUT2D eigenvalue weighted by Gasteiger charge is -2.34. The Morgan fingerprint density at radius 3 is 2.43 bits per heavy atom. The zero-order valence-electron chi connectivity index (χ0n) is 17.1. The maximum absolute atomic E-state index is 12.6. The van der Waals surface area contributed by atoms with Crippen molar-refractivity contribution in [1.82, 2.24) is 15.1 Å². The molecule has 2 aliphatic rings. The Morgan fingerprint density at radius 2 is 1.79 bits per heavy atom. The molecular weight excluding hydrogens is 358 g/mol. The zero-order chi connectivity index (χ0) is 20.1. The summed E-state index contributed by atoms with van der Waals surface area (Å²) in [6.07, 6.45) is 1.38. The molecule has 1 heterocycles. The van der Waals surface area contributed by atoms with Gasteiger partial charge in [0.15, 0.2) is 11.5 Å².